The quantitative estimate of drug-likeness (QED) is 0.935. The van der Waals surface area contributed by atoms with Gasteiger partial charge in [-0.3, -0.25) is 4.98 Å². The lowest BCUT2D eigenvalue weighted by Crippen LogP contribution is -2.21. The molecule has 0 amide bonds. The Hall–Kier alpha value is -1.13. The number of hydrogen-bond donors (Lipinski definition) is 1. The van der Waals surface area contributed by atoms with Crippen LogP contribution in [0.2, 0.25) is 0 Å². The maximum atomic E-state index is 5.50. The number of nitrogens with zero attached hydrogens (tertiary/aromatic N) is 1. The van der Waals surface area contributed by atoms with Crippen molar-refractivity contribution in [3.8, 4) is 0 Å². The van der Waals surface area contributed by atoms with Gasteiger partial charge in [0.15, 0.2) is 0 Å². The summed E-state index contributed by atoms with van der Waals surface area (Å²) in [6.45, 7) is 2.95. The van der Waals surface area contributed by atoms with Crippen LogP contribution in [0.5, 0.6) is 0 Å². The molecule has 1 unspecified atom stereocenters. The van der Waals surface area contributed by atoms with Gasteiger partial charge < -0.3 is 9.73 Å². The molecule has 0 spiro atoms. The Bertz CT molecular complexity index is 441. The minimum Gasteiger partial charge on any atom is -0.466 e. The Labute approximate surface area is 103 Å². The number of nitrogens with one attached hydrogen (secondary N) is 1. The number of aromatic nitrogens is 1. The van der Waals surface area contributed by atoms with E-state index >= 15 is 0 Å². The molecular weight excluding hydrogens is 268 g/mol. The monoisotopic (exact) mass is 280 g/mol. The summed E-state index contributed by atoms with van der Waals surface area (Å²) >= 11 is 3.48. The van der Waals surface area contributed by atoms with Gasteiger partial charge in [-0.05, 0) is 46.2 Å². The second-order valence-electron chi connectivity index (χ2n) is 3.40. The van der Waals surface area contributed by atoms with Gasteiger partial charge in [0.2, 0.25) is 0 Å². The maximum Gasteiger partial charge on any atom is 0.139 e. The van der Waals surface area contributed by atoms with E-state index in [1.54, 1.807) is 18.7 Å². The zero-order chi connectivity index (χ0) is 11.4. The highest BCUT2D eigenvalue weighted by Crippen LogP contribution is 2.29. The molecule has 3 nitrogen and oxygen atoms in total. The van der Waals surface area contributed by atoms with Gasteiger partial charge in [-0.1, -0.05) is 6.92 Å². The third-order valence-corrected chi connectivity index (χ3v) is 3.01. The molecule has 2 aromatic rings. The standard InChI is InChI=1S/C12H13BrN2O/c1-2-15-11(9-3-6-14-7-4-9)12-10(13)5-8-16-12/h3-8,11,15H,2H2,1H3. The molecule has 1 atom stereocenters. The molecule has 2 rings (SSSR count). The molecule has 2 heterocycles. The van der Waals surface area contributed by atoms with Crippen LogP contribution in [-0.4, -0.2) is 11.5 Å². The molecule has 0 aliphatic rings. The summed E-state index contributed by atoms with van der Waals surface area (Å²) in [7, 11) is 0. The van der Waals surface area contributed by atoms with E-state index in [0.717, 1.165) is 22.3 Å². The highest BCUT2D eigenvalue weighted by molar-refractivity contribution is 9.10. The molecular formula is C12H13BrN2O. The first-order valence-corrected chi connectivity index (χ1v) is 5.98. The molecule has 0 saturated carbocycles. The molecule has 0 saturated heterocycles. The molecule has 0 radical (unpaired) electrons. The first-order chi connectivity index (χ1) is 7.83. The van der Waals surface area contributed by atoms with Crippen LogP contribution in [0.1, 0.15) is 24.3 Å². The molecule has 2 aromatic heterocycles. The Balaban J connectivity index is 2.35. The van der Waals surface area contributed by atoms with Gasteiger partial charge in [0.1, 0.15) is 5.76 Å². The summed E-state index contributed by atoms with van der Waals surface area (Å²) in [5.41, 5.74) is 1.15. The van der Waals surface area contributed by atoms with Crippen molar-refractivity contribution in [1.29, 1.82) is 0 Å². The summed E-state index contributed by atoms with van der Waals surface area (Å²) in [6.07, 6.45) is 5.26. The van der Waals surface area contributed by atoms with Crippen LogP contribution in [-0.2, 0) is 0 Å². The average Bonchev–Trinajstić information content (AvgIpc) is 2.73. The van der Waals surface area contributed by atoms with Crippen molar-refractivity contribution in [2.75, 3.05) is 6.54 Å². The number of hydrogen-bond acceptors (Lipinski definition) is 3. The molecule has 0 aromatic carbocycles. The molecule has 84 valence electrons. The van der Waals surface area contributed by atoms with Gasteiger partial charge in [-0.15, -0.1) is 0 Å². The minimum absolute atomic E-state index is 0.0670. The third-order valence-electron chi connectivity index (χ3n) is 2.35. The van der Waals surface area contributed by atoms with Crippen molar-refractivity contribution in [3.63, 3.8) is 0 Å². The van der Waals surface area contributed by atoms with E-state index in [0.29, 0.717) is 0 Å². The highest BCUT2D eigenvalue weighted by atomic mass is 79.9. The molecule has 16 heavy (non-hydrogen) atoms. The van der Waals surface area contributed by atoms with Crippen molar-refractivity contribution < 1.29 is 4.42 Å². The van der Waals surface area contributed by atoms with Crippen LogP contribution in [0.15, 0.2) is 45.7 Å². The smallest absolute Gasteiger partial charge is 0.139 e. The predicted octanol–water partition coefficient (Wildman–Crippen LogP) is 3.14. The normalized spacial score (nSPS) is 12.6. The minimum atomic E-state index is 0.0670. The van der Waals surface area contributed by atoms with Crippen molar-refractivity contribution in [2.45, 2.75) is 13.0 Å². The van der Waals surface area contributed by atoms with E-state index < -0.39 is 0 Å². The molecule has 0 bridgehead atoms. The van der Waals surface area contributed by atoms with Crippen LogP contribution < -0.4 is 5.32 Å². The second kappa shape index (κ2) is 5.27. The molecule has 0 fully saturated rings. The fourth-order valence-electron chi connectivity index (χ4n) is 1.63. The summed E-state index contributed by atoms with van der Waals surface area (Å²) in [5.74, 6) is 0.896. The largest absolute Gasteiger partial charge is 0.466 e. The molecule has 0 aliphatic heterocycles. The first-order valence-electron chi connectivity index (χ1n) is 5.19. The maximum absolute atomic E-state index is 5.50. The topological polar surface area (TPSA) is 38.1 Å². The Morgan fingerprint density at radius 2 is 2.12 bits per heavy atom. The number of halogens is 1. The number of furan rings is 1. The van der Waals surface area contributed by atoms with Crippen LogP contribution in [0.4, 0.5) is 0 Å². The lowest BCUT2D eigenvalue weighted by molar-refractivity contribution is 0.449. The first kappa shape index (κ1) is 11.4. The summed E-state index contributed by atoms with van der Waals surface area (Å²) < 4.78 is 6.49. The zero-order valence-corrected chi connectivity index (χ0v) is 10.6. The molecule has 1 N–H and O–H groups in total. The summed E-state index contributed by atoms with van der Waals surface area (Å²) in [5, 5.41) is 3.39. The van der Waals surface area contributed by atoms with E-state index in [2.05, 4.69) is 33.2 Å². The van der Waals surface area contributed by atoms with Crippen LogP contribution >= 0.6 is 15.9 Å². The Morgan fingerprint density at radius 3 is 2.69 bits per heavy atom. The molecule has 0 aliphatic carbocycles. The van der Waals surface area contributed by atoms with Crippen LogP contribution in [0.3, 0.4) is 0 Å². The van der Waals surface area contributed by atoms with E-state index in [1.807, 2.05) is 18.2 Å². The van der Waals surface area contributed by atoms with Gasteiger partial charge in [0.25, 0.3) is 0 Å². The SMILES string of the molecule is CCNC(c1ccncc1)c1occc1Br. The van der Waals surface area contributed by atoms with Gasteiger partial charge >= 0.3 is 0 Å². The summed E-state index contributed by atoms with van der Waals surface area (Å²) in [4.78, 5) is 4.02. The van der Waals surface area contributed by atoms with Gasteiger partial charge in [-0.2, -0.15) is 0 Å². The Morgan fingerprint density at radius 1 is 1.38 bits per heavy atom. The second-order valence-corrected chi connectivity index (χ2v) is 4.26. The van der Waals surface area contributed by atoms with E-state index in [9.17, 15) is 0 Å². The fraction of sp³-hybridized carbons (Fsp3) is 0.250. The predicted molar refractivity (Wildman–Crippen MR) is 66.2 cm³/mol. The Kier molecular flexibility index (Phi) is 3.74. The van der Waals surface area contributed by atoms with E-state index in [-0.39, 0.29) is 6.04 Å². The van der Waals surface area contributed by atoms with Gasteiger partial charge in [0.05, 0.1) is 16.8 Å². The highest BCUT2D eigenvalue weighted by Gasteiger charge is 2.18. The van der Waals surface area contributed by atoms with Crippen LogP contribution in [0.25, 0.3) is 0 Å². The van der Waals surface area contributed by atoms with Crippen molar-refractivity contribution >= 4 is 15.9 Å². The van der Waals surface area contributed by atoms with E-state index in [1.165, 1.54) is 0 Å². The summed E-state index contributed by atoms with van der Waals surface area (Å²) in [6, 6.07) is 5.95. The van der Waals surface area contributed by atoms with E-state index in [4.69, 9.17) is 4.42 Å². The van der Waals surface area contributed by atoms with Crippen molar-refractivity contribution in [3.05, 3.63) is 52.7 Å². The lowest BCUT2D eigenvalue weighted by atomic mass is 10.1. The van der Waals surface area contributed by atoms with Gasteiger partial charge in [0, 0.05) is 12.4 Å². The van der Waals surface area contributed by atoms with Gasteiger partial charge in [-0.25, -0.2) is 0 Å². The third kappa shape index (κ3) is 2.33. The fourth-order valence-corrected chi connectivity index (χ4v) is 2.06. The van der Waals surface area contributed by atoms with Crippen LogP contribution in [0, 0.1) is 0 Å². The molecule has 4 heteroatoms. The average molecular weight is 281 g/mol. The van der Waals surface area contributed by atoms with Crippen molar-refractivity contribution in [2.24, 2.45) is 0 Å². The number of pyridine rings is 1. The number of rotatable bonds is 4. The zero-order valence-electron chi connectivity index (χ0n) is 8.98. The lowest BCUT2D eigenvalue weighted by Gasteiger charge is -2.16. The van der Waals surface area contributed by atoms with Crippen molar-refractivity contribution in [1.82, 2.24) is 10.3 Å².